The first-order chi connectivity index (χ1) is 10.5. The van der Waals surface area contributed by atoms with Crippen LogP contribution in [0.2, 0.25) is 0 Å². The highest BCUT2D eigenvalue weighted by molar-refractivity contribution is 5.66. The van der Waals surface area contributed by atoms with Gasteiger partial charge in [-0.05, 0) is 38.8 Å². The van der Waals surface area contributed by atoms with Crippen LogP contribution in [0.5, 0.6) is 0 Å². The van der Waals surface area contributed by atoms with Gasteiger partial charge in [0, 0.05) is 12.8 Å². The Morgan fingerprint density at radius 3 is 1.14 bits per heavy atom. The molecule has 0 aliphatic rings. The molecule has 0 aliphatic heterocycles. The molecule has 0 atom stereocenters. The number of unbranched alkanes of at least 4 members (excludes halogenated alkanes) is 5. The van der Waals surface area contributed by atoms with Gasteiger partial charge in [-0.3, -0.25) is 9.59 Å². The molecule has 0 aromatic rings. The Bertz CT molecular complexity index is 208. The molecule has 6 heteroatoms. The van der Waals surface area contributed by atoms with E-state index >= 15 is 0 Å². The molecule has 0 aromatic heterocycles. The lowest BCUT2D eigenvalue weighted by Crippen LogP contribution is -1.95. The van der Waals surface area contributed by atoms with E-state index in [2.05, 4.69) is 13.8 Å². The van der Waals surface area contributed by atoms with Gasteiger partial charge < -0.3 is 21.7 Å². The number of aliphatic carboxylic acids is 2. The summed E-state index contributed by atoms with van der Waals surface area (Å²) >= 11 is 0. The first-order valence-electron chi connectivity index (χ1n) is 8.29. The maximum atomic E-state index is 10.0. The van der Waals surface area contributed by atoms with Crippen molar-refractivity contribution in [1.82, 2.24) is 0 Å². The molecule has 6 N–H and O–H groups in total. The van der Waals surface area contributed by atoms with Crippen LogP contribution in [0.25, 0.3) is 0 Å². The van der Waals surface area contributed by atoms with Crippen molar-refractivity contribution in [2.45, 2.75) is 78.1 Å². The van der Waals surface area contributed by atoms with Crippen LogP contribution in [-0.4, -0.2) is 35.2 Å². The molecule has 0 heterocycles. The van der Waals surface area contributed by atoms with E-state index in [-0.39, 0.29) is 12.8 Å². The van der Waals surface area contributed by atoms with E-state index in [1.54, 1.807) is 0 Å². The fourth-order valence-corrected chi connectivity index (χ4v) is 1.31. The van der Waals surface area contributed by atoms with Crippen molar-refractivity contribution in [3.8, 4) is 0 Å². The predicted molar refractivity (Wildman–Crippen MR) is 90.9 cm³/mol. The number of hydrogen-bond acceptors (Lipinski definition) is 4. The molecular formula is C16H36N2O4. The van der Waals surface area contributed by atoms with E-state index in [1.807, 2.05) is 0 Å². The zero-order chi connectivity index (χ0) is 17.6. The summed E-state index contributed by atoms with van der Waals surface area (Å²) in [4.78, 5) is 20.1. The molecule has 0 unspecified atom stereocenters. The summed E-state index contributed by atoms with van der Waals surface area (Å²) in [6, 6.07) is 0. The first kappa shape index (κ1) is 25.8. The molecular weight excluding hydrogens is 284 g/mol. The van der Waals surface area contributed by atoms with Crippen LogP contribution in [-0.2, 0) is 9.59 Å². The van der Waals surface area contributed by atoms with Gasteiger partial charge in [0.25, 0.3) is 0 Å². The maximum absolute atomic E-state index is 10.0. The Labute approximate surface area is 135 Å². The van der Waals surface area contributed by atoms with Crippen LogP contribution in [0.15, 0.2) is 0 Å². The number of carboxylic acids is 2. The minimum atomic E-state index is -0.784. The van der Waals surface area contributed by atoms with Crippen molar-refractivity contribution in [3.63, 3.8) is 0 Å². The topological polar surface area (TPSA) is 127 Å². The fraction of sp³-hybridized carbons (Fsp3) is 0.875. The van der Waals surface area contributed by atoms with E-state index in [4.69, 9.17) is 21.7 Å². The van der Waals surface area contributed by atoms with E-state index in [0.29, 0.717) is 12.8 Å². The largest absolute Gasteiger partial charge is 0.481 e. The highest BCUT2D eigenvalue weighted by Gasteiger charge is 1.98. The number of carboxylic acid groups (broad SMARTS) is 2. The van der Waals surface area contributed by atoms with Crippen LogP contribution < -0.4 is 11.5 Å². The van der Waals surface area contributed by atoms with Gasteiger partial charge in [-0.1, -0.05) is 39.5 Å². The van der Waals surface area contributed by atoms with Gasteiger partial charge in [-0.15, -0.1) is 0 Å². The smallest absolute Gasteiger partial charge is 0.303 e. The number of hydrogen-bond donors (Lipinski definition) is 4. The third-order valence-corrected chi connectivity index (χ3v) is 2.65. The quantitative estimate of drug-likeness (QED) is 0.433. The Balaban J connectivity index is -0.000000298. The lowest BCUT2D eigenvalue weighted by molar-refractivity contribution is -0.138. The lowest BCUT2D eigenvalue weighted by atomic mass is 10.1. The maximum Gasteiger partial charge on any atom is 0.303 e. The summed E-state index contributed by atoms with van der Waals surface area (Å²) in [6.45, 7) is 5.95. The standard InChI is InChI=1S/C8H14O4.2C4H11N/c9-7(10)5-3-1-2-4-6-8(11)12;2*1-2-3-4-5/h1-6H2,(H,9,10)(H,11,12);2*2-5H2,1H3. The van der Waals surface area contributed by atoms with Crippen LogP contribution in [0.4, 0.5) is 0 Å². The van der Waals surface area contributed by atoms with Gasteiger partial charge in [-0.25, -0.2) is 0 Å². The van der Waals surface area contributed by atoms with Crippen LogP contribution in [0, 0.1) is 0 Å². The fourth-order valence-electron chi connectivity index (χ4n) is 1.31. The van der Waals surface area contributed by atoms with Crippen molar-refractivity contribution >= 4 is 11.9 Å². The van der Waals surface area contributed by atoms with Crippen LogP contribution in [0.3, 0.4) is 0 Å². The molecule has 0 saturated heterocycles. The van der Waals surface area contributed by atoms with Crippen molar-refractivity contribution in [2.24, 2.45) is 11.5 Å². The summed E-state index contributed by atoms with van der Waals surface area (Å²) in [5.41, 5.74) is 10.3. The molecule has 0 spiro atoms. The van der Waals surface area contributed by atoms with E-state index in [1.165, 1.54) is 25.7 Å². The third kappa shape index (κ3) is 42.8. The van der Waals surface area contributed by atoms with Crippen molar-refractivity contribution < 1.29 is 19.8 Å². The monoisotopic (exact) mass is 320 g/mol. The second-order valence-electron chi connectivity index (χ2n) is 4.99. The Morgan fingerprint density at radius 1 is 0.682 bits per heavy atom. The average Bonchev–Trinajstić information content (AvgIpc) is 2.45. The Hall–Kier alpha value is -1.14. The van der Waals surface area contributed by atoms with Gasteiger partial charge in [-0.2, -0.15) is 0 Å². The van der Waals surface area contributed by atoms with Crippen molar-refractivity contribution in [1.29, 1.82) is 0 Å². The SMILES string of the molecule is CCCCN.CCCCN.O=C(O)CCCCCCC(=O)O. The third-order valence-electron chi connectivity index (χ3n) is 2.65. The summed E-state index contributed by atoms with van der Waals surface area (Å²) < 4.78 is 0. The van der Waals surface area contributed by atoms with Gasteiger partial charge >= 0.3 is 11.9 Å². The number of rotatable bonds is 11. The molecule has 22 heavy (non-hydrogen) atoms. The normalized spacial score (nSPS) is 9.09. The van der Waals surface area contributed by atoms with Crippen molar-refractivity contribution in [2.75, 3.05) is 13.1 Å². The molecule has 6 nitrogen and oxygen atoms in total. The minimum Gasteiger partial charge on any atom is -0.481 e. The summed E-state index contributed by atoms with van der Waals surface area (Å²) in [5.74, 6) is -1.57. The number of nitrogens with two attached hydrogens (primary N) is 2. The second-order valence-corrected chi connectivity index (χ2v) is 4.99. The molecule has 0 amide bonds. The van der Waals surface area contributed by atoms with Gasteiger partial charge in [0.05, 0.1) is 0 Å². The van der Waals surface area contributed by atoms with Gasteiger partial charge in [0.15, 0.2) is 0 Å². The summed E-state index contributed by atoms with van der Waals surface area (Å²) in [6.07, 6.45) is 8.05. The zero-order valence-corrected chi connectivity index (χ0v) is 14.4. The van der Waals surface area contributed by atoms with E-state index in [9.17, 15) is 9.59 Å². The van der Waals surface area contributed by atoms with Gasteiger partial charge in [0.1, 0.15) is 0 Å². The van der Waals surface area contributed by atoms with Crippen LogP contribution >= 0.6 is 0 Å². The first-order valence-corrected chi connectivity index (χ1v) is 8.29. The molecule has 0 radical (unpaired) electrons. The highest BCUT2D eigenvalue weighted by Crippen LogP contribution is 2.04. The summed E-state index contributed by atoms with van der Waals surface area (Å²) in [5, 5.41) is 16.5. The number of carbonyl (C=O) groups is 2. The predicted octanol–water partition coefficient (Wildman–Crippen LogP) is 2.99. The molecule has 0 rings (SSSR count). The van der Waals surface area contributed by atoms with Crippen LogP contribution in [0.1, 0.15) is 78.1 Å². The molecule has 0 aliphatic carbocycles. The molecule has 0 aromatic carbocycles. The molecule has 134 valence electrons. The van der Waals surface area contributed by atoms with Gasteiger partial charge in [0.2, 0.25) is 0 Å². The minimum absolute atomic E-state index is 0.188. The van der Waals surface area contributed by atoms with E-state index in [0.717, 1.165) is 25.9 Å². The average molecular weight is 320 g/mol. The second kappa shape index (κ2) is 24.9. The molecule has 0 fully saturated rings. The Morgan fingerprint density at radius 2 is 1.00 bits per heavy atom. The molecule has 0 saturated carbocycles. The summed E-state index contributed by atoms with van der Waals surface area (Å²) in [7, 11) is 0. The molecule has 0 bridgehead atoms. The highest BCUT2D eigenvalue weighted by atomic mass is 16.4. The Kier molecular flexibility index (Phi) is 29.1. The van der Waals surface area contributed by atoms with Crippen molar-refractivity contribution in [3.05, 3.63) is 0 Å². The lowest BCUT2D eigenvalue weighted by Gasteiger charge is -1.96. The van der Waals surface area contributed by atoms with E-state index < -0.39 is 11.9 Å². The zero-order valence-electron chi connectivity index (χ0n) is 14.4.